The van der Waals surface area contributed by atoms with Crippen LogP contribution >= 0.6 is 15.9 Å². The molecule has 0 aliphatic carbocycles. The number of hydrogen-bond donors (Lipinski definition) is 1. The van der Waals surface area contributed by atoms with Crippen LogP contribution in [0.2, 0.25) is 0 Å². The molecule has 1 aromatic carbocycles. The molecule has 1 heterocycles. The first-order chi connectivity index (χ1) is 7.29. The van der Waals surface area contributed by atoms with Crippen molar-refractivity contribution in [1.82, 2.24) is 9.55 Å². The smallest absolute Gasteiger partial charge is 0.134 e. The molecule has 4 heteroatoms. The Bertz CT molecular complexity index is 453. The van der Waals surface area contributed by atoms with Crippen molar-refractivity contribution in [2.24, 2.45) is 0 Å². The van der Waals surface area contributed by atoms with Gasteiger partial charge >= 0.3 is 0 Å². The number of nitrogens with zero attached hydrogens (tertiary/aromatic N) is 2. The molecular formula is C11H11BrN2O. The van der Waals surface area contributed by atoms with E-state index in [1.807, 2.05) is 29.0 Å². The quantitative estimate of drug-likeness (QED) is 0.925. The first kappa shape index (κ1) is 10.4. The van der Waals surface area contributed by atoms with E-state index in [1.165, 1.54) is 5.56 Å². The molecule has 3 nitrogen and oxygen atoms in total. The van der Waals surface area contributed by atoms with Gasteiger partial charge in [0.15, 0.2) is 0 Å². The van der Waals surface area contributed by atoms with Gasteiger partial charge in [-0.3, -0.25) is 0 Å². The van der Waals surface area contributed by atoms with Crippen LogP contribution in [0.1, 0.15) is 11.4 Å². The van der Waals surface area contributed by atoms with Crippen LogP contribution in [0.4, 0.5) is 0 Å². The third-order valence-corrected chi connectivity index (χ3v) is 2.68. The summed E-state index contributed by atoms with van der Waals surface area (Å²) in [7, 11) is 0. The highest BCUT2D eigenvalue weighted by Gasteiger charge is 2.01. The Hall–Kier alpha value is -1.13. The number of hydrogen-bond acceptors (Lipinski definition) is 2. The van der Waals surface area contributed by atoms with E-state index in [0.29, 0.717) is 5.82 Å². The molecule has 0 radical (unpaired) electrons. The Kier molecular flexibility index (Phi) is 3.18. The molecule has 0 spiro atoms. The number of rotatable bonds is 3. The predicted molar refractivity (Wildman–Crippen MR) is 61.4 cm³/mol. The summed E-state index contributed by atoms with van der Waals surface area (Å²) in [6, 6.07) is 8.09. The molecule has 78 valence electrons. The summed E-state index contributed by atoms with van der Waals surface area (Å²) < 4.78 is 2.99. The molecule has 0 atom stereocenters. The van der Waals surface area contributed by atoms with Crippen LogP contribution < -0.4 is 0 Å². The lowest BCUT2D eigenvalue weighted by Crippen LogP contribution is -2.03. The van der Waals surface area contributed by atoms with Gasteiger partial charge in [-0.05, 0) is 17.7 Å². The van der Waals surface area contributed by atoms with Crippen molar-refractivity contribution in [3.63, 3.8) is 0 Å². The lowest BCUT2D eigenvalue weighted by atomic mass is 10.2. The summed E-state index contributed by atoms with van der Waals surface area (Å²) in [5.41, 5.74) is 1.18. The maximum absolute atomic E-state index is 9.05. The molecule has 0 saturated heterocycles. The molecule has 0 saturated carbocycles. The number of aromatic nitrogens is 2. The summed E-state index contributed by atoms with van der Waals surface area (Å²) in [4.78, 5) is 4.05. The van der Waals surface area contributed by atoms with Gasteiger partial charge in [-0.15, -0.1) is 0 Å². The van der Waals surface area contributed by atoms with Crippen molar-refractivity contribution in [2.75, 3.05) is 0 Å². The highest BCUT2D eigenvalue weighted by atomic mass is 79.9. The average Bonchev–Trinajstić information content (AvgIpc) is 2.65. The van der Waals surface area contributed by atoms with Crippen molar-refractivity contribution in [3.05, 3.63) is 52.5 Å². The Labute approximate surface area is 96.5 Å². The van der Waals surface area contributed by atoms with Crippen LogP contribution in [0, 0.1) is 0 Å². The maximum Gasteiger partial charge on any atom is 0.134 e. The minimum absolute atomic E-state index is 0.0268. The molecule has 2 rings (SSSR count). The van der Waals surface area contributed by atoms with Gasteiger partial charge in [0.1, 0.15) is 12.4 Å². The maximum atomic E-state index is 9.05. The first-order valence-corrected chi connectivity index (χ1v) is 5.44. The predicted octanol–water partition coefficient (Wildman–Crippen LogP) is 2.19. The lowest BCUT2D eigenvalue weighted by Gasteiger charge is -2.06. The second-order valence-corrected chi connectivity index (χ2v) is 4.18. The standard InChI is InChI=1S/C11H11BrN2O/c12-10-3-1-2-9(6-10)7-14-5-4-13-11(14)8-15/h1-6,15H,7-8H2. The normalized spacial score (nSPS) is 10.5. The van der Waals surface area contributed by atoms with Gasteiger partial charge in [0.2, 0.25) is 0 Å². The molecule has 1 aromatic heterocycles. The zero-order chi connectivity index (χ0) is 10.7. The van der Waals surface area contributed by atoms with E-state index in [1.54, 1.807) is 6.20 Å². The van der Waals surface area contributed by atoms with Gasteiger partial charge in [0.05, 0.1) is 0 Å². The van der Waals surface area contributed by atoms with Crippen LogP contribution in [-0.2, 0) is 13.2 Å². The fourth-order valence-corrected chi connectivity index (χ4v) is 1.91. The fourth-order valence-electron chi connectivity index (χ4n) is 1.47. The van der Waals surface area contributed by atoms with Crippen LogP contribution in [0.25, 0.3) is 0 Å². The van der Waals surface area contributed by atoms with Crippen LogP contribution in [0.3, 0.4) is 0 Å². The molecule has 1 N–H and O–H groups in total. The highest BCUT2D eigenvalue weighted by Crippen LogP contribution is 2.13. The van der Waals surface area contributed by atoms with Crippen molar-refractivity contribution >= 4 is 15.9 Å². The highest BCUT2D eigenvalue weighted by molar-refractivity contribution is 9.10. The first-order valence-electron chi connectivity index (χ1n) is 4.65. The summed E-state index contributed by atoms with van der Waals surface area (Å²) in [6.45, 7) is 0.705. The number of halogens is 1. The van der Waals surface area contributed by atoms with Crippen molar-refractivity contribution < 1.29 is 5.11 Å². The van der Waals surface area contributed by atoms with Crippen molar-refractivity contribution in [2.45, 2.75) is 13.2 Å². The number of aliphatic hydroxyl groups excluding tert-OH is 1. The van der Waals surface area contributed by atoms with Gasteiger partial charge in [-0.25, -0.2) is 4.98 Å². The van der Waals surface area contributed by atoms with Crippen molar-refractivity contribution in [3.8, 4) is 0 Å². The molecule has 0 aliphatic heterocycles. The Morgan fingerprint density at radius 3 is 3.00 bits per heavy atom. The number of aliphatic hydroxyl groups is 1. The van der Waals surface area contributed by atoms with Crippen molar-refractivity contribution in [1.29, 1.82) is 0 Å². The Balaban J connectivity index is 2.22. The number of benzene rings is 1. The zero-order valence-corrected chi connectivity index (χ0v) is 9.68. The SMILES string of the molecule is OCc1nccn1Cc1cccc(Br)c1. The second kappa shape index (κ2) is 4.59. The molecule has 15 heavy (non-hydrogen) atoms. The van der Waals surface area contributed by atoms with E-state index in [9.17, 15) is 0 Å². The minimum atomic E-state index is -0.0268. The zero-order valence-electron chi connectivity index (χ0n) is 8.10. The average molecular weight is 267 g/mol. The molecule has 0 amide bonds. The fraction of sp³-hybridized carbons (Fsp3) is 0.182. The molecule has 0 unspecified atom stereocenters. The molecule has 0 bridgehead atoms. The molecule has 0 fully saturated rings. The summed E-state index contributed by atoms with van der Waals surface area (Å²) in [6.07, 6.45) is 3.57. The molecule has 0 aliphatic rings. The van der Waals surface area contributed by atoms with Gasteiger partial charge in [0, 0.05) is 23.4 Å². The van der Waals surface area contributed by atoms with Gasteiger partial charge < -0.3 is 9.67 Å². The summed E-state index contributed by atoms with van der Waals surface area (Å²) >= 11 is 3.43. The summed E-state index contributed by atoms with van der Waals surface area (Å²) in [5, 5.41) is 9.05. The van der Waals surface area contributed by atoms with Crippen LogP contribution in [0.5, 0.6) is 0 Å². The van der Waals surface area contributed by atoms with E-state index in [2.05, 4.69) is 27.0 Å². The lowest BCUT2D eigenvalue weighted by molar-refractivity contribution is 0.266. The Morgan fingerprint density at radius 2 is 2.27 bits per heavy atom. The Morgan fingerprint density at radius 1 is 1.40 bits per heavy atom. The molecular weight excluding hydrogens is 256 g/mol. The number of imidazole rings is 1. The van der Waals surface area contributed by atoms with E-state index >= 15 is 0 Å². The minimum Gasteiger partial charge on any atom is -0.388 e. The van der Waals surface area contributed by atoms with E-state index < -0.39 is 0 Å². The van der Waals surface area contributed by atoms with Gasteiger partial charge in [-0.1, -0.05) is 28.1 Å². The molecule has 2 aromatic rings. The van der Waals surface area contributed by atoms with Crippen LogP contribution in [0.15, 0.2) is 41.1 Å². The topological polar surface area (TPSA) is 38.1 Å². The van der Waals surface area contributed by atoms with Gasteiger partial charge in [0.25, 0.3) is 0 Å². The third-order valence-electron chi connectivity index (χ3n) is 2.19. The van der Waals surface area contributed by atoms with Crippen LogP contribution in [-0.4, -0.2) is 14.7 Å². The van der Waals surface area contributed by atoms with E-state index in [4.69, 9.17) is 5.11 Å². The van der Waals surface area contributed by atoms with Gasteiger partial charge in [-0.2, -0.15) is 0 Å². The largest absolute Gasteiger partial charge is 0.388 e. The third kappa shape index (κ3) is 2.46. The van der Waals surface area contributed by atoms with E-state index in [0.717, 1.165) is 11.0 Å². The summed E-state index contributed by atoms with van der Waals surface area (Å²) in [5.74, 6) is 0.690. The van der Waals surface area contributed by atoms with E-state index in [-0.39, 0.29) is 6.61 Å². The second-order valence-electron chi connectivity index (χ2n) is 3.26. The monoisotopic (exact) mass is 266 g/mol.